The standard InChI is InChI=1S/C13H22N2O/c1-5-10(3)13(15-6-2)11-7-8-14-9-12(11)16-4/h7-10,13,15H,5-6H2,1-4H3. The predicted molar refractivity (Wildman–Crippen MR) is 66.7 cm³/mol. The summed E-state index contributed by atoms with van der Waals surface area (Å²) in [5.41, 5.74) is 1.20. The maximum absolute atomic E-state index is 5.36. The summed E-state index contributed by atoms with van der Waals surface area (Å²) in [5, 5.41) is 3.52. The molecule has 2 unspecified atom stereocenters. The molecule has 0 aliphatic heterocycles. The normalized spacial score (nSPS) is 14.5. The van der Waals surface area contributed by atoms with Crippen LogP contribution in [0.25, 0.3) is 0 Å². The molecule has 1 aromatic heterocycles. The molecule has 16 heavy (non-hydrogen) atoms. The van der Waals surface area contributed by atoms with E-state index in [-0.39, 0.29) is 0 Å². The van der Waals surface area contributed by atoms with Crippen molar-refractivity contribution in [2.24, 2.45) is 5.92 Å². The van der Waals surface area contributed by atoms with Gasteiger partial charge in [0.05, 0.1) is 13.3 Å². The topological polar surface area (TPSA) is 34.2 Å². The van der Waals surface area contributed by atoms with Crippen LogP contribution in [0, 0.1) is 5.92 Å². The second-order valence-electron chi connectivity index (χ2n) is 4.04. The minimum Gasteiger partial charge on any atom is -0.495 e. The maximum atomic E-state index is 5.36. The summed E-state index contributed by atoms with van der Waals surface area (Å²) < 4.78 is 5.36. The Bertz CT molecular complexity index is 315. The van der Waals surface area contributed by atoms with Crippen molar-refractivity contribution in [1.82, 2.24) is 10.3 Å². The minimum atomic E-state index is 0.341. The molecule has 0 saturated heterocycles. The molecule has 0 aliphatic rings. The van der Waals surface area contributed by atoms with Gasteiger partial charge in [-0.1, -0.05) is 27.2 Å². The van der Waals surface area contributed by atoms with Crippen LogP contribution in [0.4, 0.5) is 0 Å². The third kappa shape index (κ3) is 2.95. The van der Waals surface area contributed by atoms with Crippen LogP contribution in [0.2, 0.25) is 0 Å². The first-order valence-electron chi connectivity index (χ1n) is 5.95. The van der Waals surface area contributed by atoms with Gasteiger partial charge in [0.25, 0.3) is 0 Å². The van der Waals surface area contributed by atoms with Gasteiger partial charge in [-0.15, -0.1) is 0 Å². The number of hydrogen-bond donors (Lipinski definition) is 1. The average molecular weight is 222 g/mol. The molecule has 1 heterocycles. The van der Waals surface area contributed by atoms with Gasteiger partial charge in [0.2, 0.25) is 0 Å². The highest BCUT2D eigenvalue weighted by atomic mass is 16.5. The lowest BCUT2D eigenvalue weighted by molar-refractivity contribution is 0.354. The van der Waals surface area contributed by atoms with Gasteiger partial charge >= 0.3 is 0 Å². The van der Waals surface area contributed by atoms with Gasteiger partial charge in [-0.25, -0.2) is 0 Å². The Labute approximate surface area is 98.2 Å². The van der Waals surface area contributed by atoms with Gasteiger partial charge in [0.15, 0.2) is 0 Å². The third-order valence-corrected chi connectivity index (χ3v) is 3.01. The van der Waals surface area contributed by atoms with Crippen LogP contribution >= 0.6 is 0 Å². The fourth-order valence-electron chi connectivity index (χ4n) is 1.89. The van der Waals surface area contributed by atoms with E-state index in [1.807, 2.05) is 12.3 Å². The summed E-state index contributed by atoms with van der Waals surface area (Å²) in [4.78, 5) is 4.09. The molecule has 0 spiro atoms. The summed E-state index contributed by atoms with van der Waals surface area (Å²) in [5.74, 6) is 1.45. The lowest BCUT2D eigenvalue weighted by atomic mass is 9.92. The van der Waals surface area contributed by atoms with Gasteiger partial charge in [-0.05, 0) is 18.5 Å². The zero-order valence-electron chi connectivity index (χ0n) is 10.7. The molecule has 1 rings (SSSR count). The number of ether oxygens (including phenoxy) is 1. The lowest BCUT2D eigenvalue weighted by Crippen LogP contribution is -2.27. The van der Waals surface area contributed by atoms with Crippen LogP contribution in [0.5, 0.6) is 5.75 Å². The monoisotopic (exact) mass is 222 g/mol. The smallest absolute Gasteiger partial charge is 0.141 e. The fraction of sp³-hybridized carbons (Fsp3) is 0.615. The van der Waals surface area contributed by atoms with E-state index in [2.05, 4.69) is 31.1 Å². The molecule has 0 saturated carbocycles. The van der Waals surface area contributed by atoms with E-state index in [1.54, 1.807) is 13.3 Å². The van der Waals surface area contributed by atoms with Crippen molar-refractivity contribution in [3.8, 4) is 5.75 Å². The molecule has 3 heteroatoms. The second-order valence-corrected chi connectivity index (χ2v) is 4.04. The van der Waals surface area contributed by atoms with Gasteiger partial charge in [-0.2, -0.15) is 0 Å². The van der Waals surface area contributed by atoms with E-state index in [4.69, 9.17) is 4.74 Å². The van der Waals surface area contributed by atoms with Crippen molar-refractivity contribution in [2.75, 3.05) is 13.7 Å². The molecule has 1 N–H and O–H groups in total. The molecular weight excluding hydrogens is 200 g/mol. The molecular formula is C13H22N2O. The summed E-state index contributed by atoms with van der Waals surface area (Å²) in [6.07, 6.45) is 4.75. The molecule has 0 radical (unpaired) electrons. The van der Waals surface area contributed by atoms with E-state index in [0.717, 1.165) is 18.7 Å². The Morgan fingerprint density at radius 2 is 2.19 bits per heavy atom. The summed E-state index contributed by atoms with van der Waals surface area (Å²) in [6, 6.07) is 2.38. The molecule has 0 amide bonds. The Morgan fingerprint density at radius 1 is 1.44 bits per heavy atom. The lowest BCUT2D eigenvalue weighted by Gasteiger charge is -2.25. The fourth-order valence-corrected chi connectivity index (χ4v) is 1.89. The number of rotatable bonds is 6. The van der Waals surface area contributed by atoms with Crippen LogP contribution in [0.15, 0.2) is 18.5 Å². The van der Waals surface area contributed by atoms with Gasteiger partial charge in [0, 0.05) is 17.8 Å². The first kappa shape index (κ1) is 13.0. The Balaban J connectivity index is 2.99. The third-order valence-electron chi connectivity index (χ3n) is 3.01. The van der Waals surface area contributed by atoms with Crippen molar-refractivity contribution in [1.29, 1.82) is 0 Å². The van der Waals surface area contributed by atoms with E-state index in [0.29, 0.717) is 12.0 Å². The van der Waals surface area contributed by atoms with E-state index >= 15 is 0 Å². The first-order valence-corrected chi connectivity index (χ1v) is 5.95. The zero-order valence-corrected chi connectivity index (χ0v) is 10.7. The summed E-state index contributed by atoms with van der Waals surface area (Å²) in [6.45, 7) is 7.55. The molecule has 1 aromatic rings. The van der Waals surface area contributed by atoms with Crippen molar-refractivity contribution in [2.45, 2.75) is 33.2 Å². The van der Waals surface area contributed by atoms with Crippen LogP contribution < -0.4 is 10.1 Å². The highest BCUT2D eigenvalue weighted by Crippen LogP contribution is 2.30. The molecule has 0 aliphatic carbocycles. The summed E-state index contributed by atoms with van der Waals surface area (Å²) >= 11 is 0. The molecule has 90 valence electrons. The maximum Gasteiger partial charge on any atom is 0.141 e. The largest absolute Gasteiger partial charge is 0.495 e. The Hall–Kier alpha value is -1.09. The number of pyridine rings is 1. The van der Waals surface area contributed by atoms with Crippen LogP contribution in [-0.4, -0.2) is 18.6 Å². The highest BCUT2D eigenvalue weighted by Gasteiger charge is 2.20. The van der Waals surface area contributed by atoms with Gasteiger partial charge in [-0.3, -0.25) is 4.98 Å². The van der Waals surface area contributed by atoms with Crippen molar-refractivity contribution < 1.29 is 4.74 Å². The molecule has 3 nitrogen and oxygen atoms in total. The molecule has 0 bridgehead atoms. The minimum absolute atomic E-state index is 0.341. The number of nitrogens with one attached hydrogen (secondary N) is 1. The molecule has 2 atom stereocenters. The molecule has 0 fully saturated rings. The number of nitrogens with zero attached hydrogens (tertiary/aromatic N) is 1. The quantitative estimate of drug-likeness (QED) is 0.803. The van der Waals surface area contributed by atoms with E-state index in [1.165, 1.54) is 5.56 Å². The number of methoxy groups -OCH3 is 1. The van der Waals surface area contributed by atoms with Crippen molar-refractivity contribution in [3.63, 3.8) is 0 Å². The number of aromatic nitrogens is 1. The van der Waals surface area contributed by atoms with Crippen LogP contribution in [-0.2, 0) is 0 Å². The van der Waals surface area contributed by atoms with Crippen molar-refractivity contribution in [3.05, 3.63) is 24.0 Å². The average Bonchev–Trinajstić information content (AvgIpc) is 2.35. The Morgan fingerprint density at radius 3 is 2.75 bits per heavy atom. The van der Waals surface area contributed by atoms with Gasteiger partial charge in [0.1, 0.15) is 5.75 Å². The predicted octanol–water partition coefficient (Wildman–Crippen LogP) is 2.79. The molecule has 0 aromatic carbocycles. The van der Waals surface area contributed by atoms with Crippen LogP contribution in [0.1, 0.15) is 38.8 Å². The van der Waals surface area contributed by atoms with E-state index in [9.17, 15) is 0 Å². The van der Waals surface area contributed by atoms with Crippen LogP contribution in [0.3, 0.4) is 0 Å². The van der Waals surface area contributed by atoms with E-state index < -0.39 is 0 Å². The first-order chi connectivity index (χ1) is 7.74. The van der Waals surface area contributed by atoms with Crippen molar-refractivity contribution >= 4 is 0 Å². The second kappa shape index (κ2) is 6.48. The van der Waals surface area contributed by atoms with Gasteiger partial charge < -0.3 is 10.1 Å². The highest BCUT2D eigenvalue weighted by molar-refractivity contribution is 5.33. The number of hydrogen-bond acceptors (Lipinski definition) is 3. The summed E-state index contributed by atoms with van der Waals surface area (Å²) in [7, 11) is 1.69. The Kier molecular flexibility index (Phi) is 5.26. The SMILES string of the molecule is CCNC(c1ccncc1OC)C(C)CC. The zero-order chi connectivity index (χ0) is 12.0.